The number of halogens is 3. The van der Waals surface area contributed by atoms with E-state index in [1.807, 2.05) is 0 Å². The van der Waals surface area contributed by atoms with E-state index in [1.165, 1.54) is 12.1 Å². The van der Waals surface area contributed by atoms with Crippen LogP contribution in [0.2, 0.25) is 15.1 Å². The molecule has 72 valence electrons. The van der Waals surface area contributed by atoms with E-state index in [1.54, 1.807) is 0 Å². The lowest BCUT2D eigenvalue weighted by molar-refractivity contribution is 0.375. The third-order valence-electron chi connectivity index (χ3n) is 1.18. The predicted molar refractivity (Wildman–Crippen MR) is 53.5 cm³/mol. The monoisotopic (exact) mass is 260 g/mol. The van der Waals surface area contributed by atoms with Gasteiger partial charge in [0.15, 0.2) is 0 Å². The molecule has 0 saturated heterocycles. The molecule has 1 aromatic rings. The lowest BCUT2D eigenvalue weighted by Crippen LogP contribution is -1.86. The van der Waals surface area contributed by atoms with E-state index in [0.717, 1.165) is 0 Å². The Morgan fingerprint density at radius 1 is 1.08 bits per heavy atom. The molecule has 0 aliphatic heterocycles. The van der Waals surface area contributed by atoms with E-state index < -0.39 is 8.60 Å². The summed E-state index contributed by atoms with van der Waals surface area (Å²) in [6.07, 6.45) is 0. The molecule has 7 heteroatoms. The van der Waals surface area contributed by atoms with Gasteiger partial charge < -0.3 is 14.3 Å². The molecule has 0 atom stereocenters. The quantitative estimate of drug-likeness (QED) is 0.635. The Hall–Kier alpha value is 0.240. The molecule has 0 amide bonds. The highest BCUT2D eigenvalue weighted by Crippen LogP contribution is 2.41. The standard InChI is InChI=1S/C6H4Cl3O3P/c7-3-1-2-4(12-13(10)11)6(9)5(3)8/h1-2,10-11H. The van der Waals surface area contributed by atoms with Crippen molar-refractivity contribution in [3.63, 3.8) is 0 Å². The second kappa shape index (κ2) is 4.65. The van der Waals surface area contributed by atoms with Crippen LogP contribution in [0.15, 0.2) is 12.1 Å². The minimum absolute atomic E-state index is 0.0600. The van der Waals surface area contributed by atoms with Crippen LogP contribution in [0.1, 0.15) is 0 Å². The van der Waals surface area contributed by atoms with Crippen LogP contribution < -0.4 is 4.52 Å². The summed E-state index contributed by atoms with van der Waals surface area (Å²) in [4.78, 5) is 17.1. The summed E-state index contributed by atoms with van der Waals surface area (Å²) in [6.45, 7) is 0. The Balaban J connectivity index is 3.04. The van der Waals surface area contributed by atoms with Crippen molar-refractivity contribution in [1.29, 1.82) is 0 Å². The van der Waals surface area contributed by atoms with Gasteiger partial charge in [0.1, 0.15) is 10.8 Å². The predicted octanol–water partition coefficient (Wildman–Crippen LogP) is 3.24. The Bertz CT molecular complexity index is 318. The van der Waals surface area contributed by atoms with Gasteiger partial charge in [0, 0.05) is 0 Å². The molecule has 0 aliphatic carbocycles. The SMILES string of the molecule is OP(O)Oc1ccc(Cl)c(Cl)c1Cl. The van der Waals surface area contributed by atoms with Gasteiger partial charge >= 0.3 is 8.60 Å². The smallest absolute Gasteiger partial charge is 0.391 e. The van der Waals surface area contributed by atoms with E-state index in [9.17, 15) is 0 Å². The summed E-state index contributed by atoms with van der Waals surface area (Å²) in [5.41, 5.74) is 0. The first-order chi connectivity index (χ1) is 6.02. The summed E-state index contributed by atoms with van der Waals surface area (Å²) in [6, 6.07) is 2.85. The fraction of sp³-hybridized carbons (Fsp3) is 0. The maximum absolute atomic E-state index is 8.55. The molecule has 0 aliphatic rings. The highest BCUT2D eigenvalue weighted by Gasteiger charge is 2.12. The zero-order valence-electron chi connectivity index (χ0n) is 6.04. The van der Waals surface area contributed by atoms with Crippen LogP contribution in [0.3, 0.4) is 0 Å². The summed E-state index contributed by atoms with van der Waals surface area (Å²) >= 11 is 17.0. The van der Waals surface area contributed by atoms with Gasteiger partial charge in [0.25, 0.3) is 0 Å². The molecule has 0 radical (unpaired) electrons. The maximum atomic E-state index is 8.55. The number of rotatable bonds is 2. The highest BCUT2D eigenvalue weighted by atomic mass is 35.5. The van der Waals surface area contributed by atoms with Crippen LogP contribution in [0.4, 0.5) is 0 Å². The Labute approximate surface area is 90.8 Å². The van der Waals surface area contributed by atoms with E-state index >= 15 is 0 Å². The third kappa shape index (κ3) is 2.84. The molecular formula is C6H4Cl3O3P. The minimum atomic E-state index is -2.50. The van der Waals surface area contributed by atoms with Gasteiger partial charge in [-0.2, -0.15) is 0 Å². The Morgan fingerprint density at radius 2 is 1.69 bits per heavy atom. The van der Waals surface area contributed by atoms with Gasteiger partial charge in [0.2, 0.25) is 0 Å². The van der Waals surface area contributed by atoms with Crippen LogP contribution in [0, 0.1) is 0 Å². The highest BCUT2D eigenvalue weighted by molar-refractivity contribution is 7.39. The van der Waals surface area contributed by atoms with Crippen molar-refractivity contribution in [3.05, 3.63) is 27.2 Å². The zero-order chi connectivity index (χ0) is 10.0. The van der Waals surface area contributed by atoms with Gasteiger partial charge in [0.05, 0.1) is 10.0 Å². The molecular weight excluding hydrogens is 257 g/mol. The fourth-order valence-corrected chi connectivity index (χ4v) is 1.61. The van der Waals surface area contributed by atoms with Crippen molar-refractivity contribution < 1.29 is 14.3 Å². The van der Waals surface area contributed by atoms with Crippen LogP contribution in [0.25, 0.3) is 0 Å². The minimum Gasteiger partial charge on any atom is -0.425 e. The first-order valence-corrected chi connectivity index (χ1v) is 5.31. The number of hydrogen-bond acceptors (Lipinski definition) is 3. The first kappa shape index (κ1) is 11.3. The van der Waals surface area contributed by atoms with E-state index in [-0.39, 0.29) is 20.8 Å². The molecule has 2 N–H and O–H groups in total. The molecule has 13 heavy (non-hydrogen) atoms. The second-order valence-corrected chi connectivity index (χ2v) is 3.87. The van der Waals surface area contributed by atoms with Crippen LogP contribution in [0.5, 0.6) is 5.75 Å². The molecule has 0 spiro atoms. The van der Waals surface area contributed by atoms with E-state index in [0.29, 0.717) is 0 Å². The van der Waals surface area contributed by atoms with Gasteiger partial charge in [-0.1, -0.05) is 34.8 Å². The fourth-order valence-electron chi connectivity index (χ4n) is 0.667. The molecule has 1 aromatic carbocycles. The molecule has 0 unspecified atom stereocenters. The lowest BCUT2D eigenvalue weighted by atomic mass is 10.3. The summed E-state index contributed by atoms with van der Waals surface area (Å²) < 4.78 is 4.58. The summed E-state index contributed by atoms with van der Waals surface area (Å²) in [5.74, 6) is 0.0900. The summed E-state index contributed by atoms with van der Waals surface area (Å²) in [7, 11) is -2.50. The first-order valence-electron chi connectivity index (χ1n) is 3.01. The maximum Gasteiger partial charge on any atom is 0.391 e. The average Bonchev–Trinajstić information content (AvgIpc) is 2.06. The second-order valence-electron chi connectivity index (χ2n) is 2.02. The summed E-state index contributed by atoms with van der Waals surface area (Å²) in [5, 5.41) is 0.460. The van der Waals surface area contributed by atoms with Crippen molar-refractivity contribution in [1.82, 2.24) is 0 Å². The Kier molecular flexibility index (Phi) is 4.05. The zero-order valence-corrected chi connectivity index (χ0v) is 9.20. The molecule has 0 fully saturated rings. The average molecular weight is 261 g/mol. The van der Waals surface area contributed by atoms with Gasteiger partial charge in [-0.3, -0.25) is 0 Å². The lowest BCUT2D eigenvalue weighted by Gasteiger charge is -2.08. The van der Waals surface area contributed by atoms with Gasteiger partial charge in [-0.15, -0.1) is 0 Å². The van der Waals surface area contributed by atoms with Gasteiger partial charge in [-0.05, 0) is 12.1 Å². The molecule has 3 nitrogen and oxygen atoms in total. The third-order valence-corrected chi connectivity index (χ3v) is 2.82. The van der Waals surface area contributed by atoms with Crippen molar-refractivity contribution in [3.8, 4) is 5.75 Å². The normalized spacial score (nSPS) is 10.6. The largest absolute Gasteiger partial charge is 0.425 e. The van der Waals surface area contributed by atoms with E-state index in [2.05, 4.69) is 4.52 Å². The van der Waals surface area contributed by atoms with Crippen LogP contribution in [-0.2, 0) is 0 Å². The van der Waals surface area contributed by atoms with Crippen molar-refractivity contribution in [2.24, 2.45) is 0 Å². The van der Waals surface area contributed by atoms with Gasteiger partial charge in [-0.25, -0.2) is 0 Å². The van der Waals surface area contributed by atoms with Crippen LogP contribution >= 0.6 is 43.4 Å². The molecule has 0 saturated carbocycles. The number of benzene rings is 1. The molecule has 0 aromatic heterocycles. The van der Waals surface area contributed by atoms with Crippen molar-refractivity contribution in [2.45, 2.75) is 0 Å². The molecule has 0 bridgehead atoms. The molecule has 0 heterocycles. The molecule has 1 rings (SSSR count). The van der Waals surface area contributed by atoms with Crippen LogP contribution in [-0.4, -0.2) is 9.79 Å². The number of hydrogen-bond donors (Lipinski definition) is 2. The van der Waals surface area contributed by atoms with Crippen molar-refractivity contribution >= 4 is 43.4 Å². The Morgan fingerprint density at radius 3 is 2.23 bits per heavy atom. The van der Waals surface area contributed by atoms with E-state index in [4.69, 9.17) is 44.6 Å². The van der Waals surface area contributed by atoms with Crippen molar-refractivity contribution in [2.75, 3.05) is 0 Å². The topological polar surface area (TPSA) is 49.7 Å².